The van der Waals surface area contributed by atoms with Crippen molar-refractivity contribution < 1.29 is 0 Å². The van der Waals surface area contributed by atoms with Gasteiger partial charge in [-0.3, -0.25) is 4.68 Å². The highest BCUT2D eigenvalue weighted by Crippen LogP contribution is 2.27. The molecule has 2 heterocycles. The van der Waals surface area contributed by atoms with E-state index >= 15 is 0 Å². The van der Waals surface area contributed by atoms with Crippen LogP contribution in [0.25, 0.3) is 0 Å². The van der Waals surface area contributed by atoms with Crippen LogP contribution in [0.5, 0.6) is 0 Å². The van der Waals surface area contributed by atoms with E-state index in [9.17, 15) is 0 Å². The summed E-state index contributed by atoms with van der Waals surface area (Å²) in [6, 6.07) is 0. The Balaban J connectivity index is 1.85. The molecule has 1 fully saturated rings. The maximum Gasteiger partial charge on any atom is 0.0521 e. The van der Waals surface area contributed by atoms with Crippen molar-refractivity contribution in [2.75, 3.05) is 13.1 Å². The topological polar surface area (TPSA) is 29.9 Å². The summed E-state index contributed by atoms with van der Waals surface area (Å²) in [5, 5.41) is 7.48. The zero-order chi connectivity index (χ0) is 9.31. The molecule has 0 aromatic carbocycles. The highest BCUT2D eigenvalue weighted by Gasteiger charge is 2.30. The molecular weight excluding hydrogens is 162 g/mol. The second-order valence-corrected chi connectivity index (χ2v) is 4.44. The third-order valence-corrected chi connectivity index (χ3v) is 2.88. The Labute approximate surface area is 79.1 Å². The first-order valence-corrected chi connectivity index (χ1v) is 4.86. The van der Waals surface area contributed by atoms with E-state index in [0.29, 0.717) is 5.41 Å². The van der Waals surface area contributed by atoms with Gasteiger partial charge in [0.2, 0.25) is 0 Å². The zero-order valence-electron chi connectivity index (χ0n) is 8.38. The highest BCUT2D eigenvalue weighted by molar-refractivity contribution is 5.05. The molecule has 0 amide bonds. The number of hydrogen-bond acceptors (Lipinski definition) is 2. The van der Waals surface area contributed by atoms with E-state index in [0.717, 1.165) is 6.42 Å². The summed E-state index contributed by atoms with van der Waals surface area (Å²) in [6.45, 7) is 4.69. The number of nitrogens with zero attached hydrogens (tertiary/aromatic N) is 2. The Bertz CT molecular complexity index is 286. The number of nitrogens with one attached hydrogen (secondary N) is 1. The van der Waals surface area contributed by atoms with E-state index in [4.69, 9.17) is 0 Å². The van der Waals surface area contributed by atoms with Gasteiger partial charge >= 0.3 is 0 Å². The number of rotatable bonds is 3. The molecule has 1 aliphatic rings. The van der Waals surface area contributed by atoms with Gasteiger partial charge in [0.05, 0.1) is 6.20 Å². The fourth-order valence-corrected chi connectivity index (χ4v) is 1.78. The van der Waals surface area contributed by atoms with Crippen molar-refractivity contribution in [2.24, 2.45) is 12.5 Å². The largest absolute Gasteiger partial charge is 0.316 e. The minimum Gasteiger partial charge on any atom is -0.316 e. The van der Waals surface area contributed by atoms with Crippen LogP contribution in [-0.2, 0) is 13.5 Å². The monoisotopic (exact) mass is 179 g/mol. The average molecular weight is 179 g/mol. The summed E-state index contributed by atoms with van der Waals surface area (Å²) < 4.78 is 1.87. The molecule has 3 nitrogen and oxygen atoms in total. The second kappa shape index (κ2) is 3.14. The van der Waals surface area contributed by atoms with Gasteiger partial charge in [-0.15, -0.1) is 0 Å². The smallest absolute Gasteiger partial charge is 0.0521 e. The van der Waals surface area contributed by atoms with Crippen LogP contribution in [0.3, 0.4) is 0 Å². The van der Waals surface area contributed by atoms with Gasteiger partial charge in [0.1, 0.15) is 0 Å². The lowest BCUT2D eigenvalue weighted by Crippen LogP contribution is -2.51. The lowest BCUT2D eigenvalue weighted by molar-refractivity contribution is 0.180. The first-order chi connectivity index (χ1) is 6.18. The maximum absolute atomic E-state index is 4.16. The number of aryl methyl sites for hydroxylation is 2. The Morgan fingerprint density at radius 2 is 2.38 bits per heavy atom. The van der Waals surface area contributed by atoms with Crippen LogP contribution in [0.2, 0.25) is 0 Å². The Morgan fingerprint density at radius 3 is 2.85 bits per heavy atom. The molecular formula is C10H17N3. The molecule has 0 aliphatic carbocycles. The van der Waals surface area contributed by atoms with E-state index in [1.807, 2.05) is 17.9 Å². The van der Waals surface area contributed by atoms with Crippen molar-refractivity contribution >= 4 is 0 Å². The molecule has 0 unspecified atom stereocenters. The van der Waals surface area contributed by atoms with E-state index < -0.39 is 0 Å². The lowest BCUT2D eigenvalue weighted by Gasteiger charge is -2.39. The quantitative estimate of drug-likeness (QED) is 0.749. The molecule has 1 aromatic rings. The average Bonchev–Trinajstić information content (AvgIpc) is 2.44. The van der Waals surface area contributed by atoms with Gasteiger partial charge in [-0.2, -0.15) is 5.10 Å². The Kier molecular flexibility index (Phi) is 2.12. The summed E-state index contributed by atoms with van der Waals surface area (Å²) in [5.74, 6) is 0. The van der Waals surface area contributed by atoms with Crippen LogP contribution in [0.4, 0.5) is 0 Å². The molecule has 13 heavy (non-hydrogen) atoms. The van der Waals surface area contributed by atoms with Crippen molar-refractivity contribution in [1.29, 1.82) is 0 Å². The molecule has 2 rings (SSSR count). The summed E-state index contributed by atoms with van der Waals surface area (Å²) in [6.07, 6.45) is 6.50. The maximum atomic E-state index is 4.16. The summed E-state index contributed by atoms with van der Waals surface area (Å²) >= 11 is 0. The molecule has 0 bridgehead atoms. The first kappa shape index (κ1) is 8.75. The molecule has 1 saturated heterocycles. The molecule has 0 radical (unpaired) electrons. The molecule has 0 atom stereocenters. The summed E-state index contributed by atoms with van der Waals surface area (Å²) in [4.78, 5) is 0. The lowest BCUT2D eigenvalue weighted by atomic mass is 9.79. The molecule has 0 saturated carbocycles. The van der Waals surface area contributed by atoms with Crippen LogP contribution in [-0.4, -0.2) is 22.9 Å². The Hall–Kier alpha value is -0.830. The van der Waals surface area contributed by atoms with Gasteiger partial charge in [0, 0.05) is 26.3 Å². The van der Waals surface area contributed by atoms with Crippen LogP contribution in [0.15, 0.2) is 12.4 Å². The number of hydrogen-bond donors (Lipinski definition) is 1. The fraction of sp³-hybridized carbons (Fsp3) is 0.700. The van der Waals surface area contributed by atoms with E-state index in [1.54, 1.807) is 0 Å². The SMILES string of the molecule is Cn1cc(CCC2(C)CNC2)cn1. The molecule has 3 heteroatoms. The fourth-order valence-electron chi connectivity index (χ4n) is 1.78. The third-order valence-electron chi connectivity index (χ3n) is 2.88. The van der Waals surface area contributed by atoms with Crippen LogP contribution in [0, 0.1) is 5.41 Å². The minimum atomic E-state index is 0.538. The molecule has 0 spiro atoms. The molecule has 1 N–H and O–H groups in total. The summed E-state index contributed by atoms with van der Waals surface area (Å²) in [5.41, 5.74) is 1.89. The molecule has 72 valence electrons. The Morgan fingerprint density at radius 1 is 1.62 bits per heavy atom. The van der Waals surface area contributed by atoms with Crippen LogP contribution >= 0.6 is 0 Å². The predicted octanol–water partition coefficient (Wildman–Crippen LogP) is 0.962. The van der Waals surface area contributed by atoms with Crippen molar-refractivity contribution in [1.82, 2.24) is 15.1 Å². The van der Waals surface area contributed by atoms with E-state index in [1.165, 1.54) is 25.1 Å². The van der Waals surface area contributed by atoms with Gasteiger partial charge in [-0.25, -0.2) is 0 Å². The minimum absolute atomic E-state index is 0.538. The van der Waals surface area contributed by atoms with Crippen LogP contribution in [0.1, 0.15) is 18.9 Å². The molecule has 1 aromatic heterocycles. The second-order valence-electron chi connectivity index (χ2n) is 4.44. The first-order valence-electron chi connectivity index (χ1n) is 4.86. The van der Waals surface area contributed by atoms with Gasteiger partial charge in [0.15, 0.2) is 0 Å². The van der Waals surface area contributed by atoms with Crippen molar-refractivity contribution in [3.8, 4) is 0 Å². The van der Waals surface area contributed by atoms with Crippen LogP contribution < -0.4 is 5.32 Å². The van der Waals surface area contributed by atoms with Crippen molar-refractivity contribution in [2.45, 2.75) is 19.8 Å². The highest BCUT2D eigenvalue weighted by atomic mass is 15.2. The predicted molar refractivity (Wildman–Crippen MR) is 52.5 cm³/mol. The standard InChI is InChI=1S/C10H17N3/c1-10(7-11-8-10)4-3-9-5-12-13(2)6-9/h5-6,11H,3-4,7-8H2,1-2H3. The van der Waals surface area contributed by atoms with Crippen molar-refractivity contribution in [3.05, 3.63) is 18.0 Å². The summed E-state index contributed by atoms with van der Waals surface area (Å²) in [7, 11) is 1.97. The van der Waals surface area contributed by atoms with E-state index in [-0.39, 0.29) is 0 Å². The molecule has 1 aliphatic heterocycles. The van der Waals surface area contributed by atoms with E-state index in [2.05, 4.69) is 23.5 Å². The van der Waals surface area contributed by atoms with Gasteiger partial charge in [0.25, 0.3) is 0 Å². The van der Waals surface area contributed by atoms with Gasteiger partial charge < -0.3 is 5.32 Å². The third kappa shape index (κ3) is 1.91. The zero-order valence-corrected chi connectivity index (χ0v) is 8.38. The van der Waals surface area contributed by atoms with Crippen molar-refractivity contribution in [3.63, 3.8) is 0 Å². The van der Waals surface area contributed by atoms with Gasteiger partial charge in [-0.1, -0.05) is 6.92 Å². The normalized spacial score (nSPS) is 19.8. The van der Waals surface area contributed by atoms with Gasteiger partial charge in [-0.05, 0) is 23.8 Å². The number of aromatic nitrogens is 2.